The summed E-state index contributed by atoms with van der Waals surface area (Å²) in [5, 5.41) is 5.48. The monoisotopic (exact) mass is 559 g/mol. The van der Waals surface area contributed by atoms with Crippen LogP contribution in [-0.4, -0.2) is 58.2 Å². The minimum atomic E-state index is -4.48. The van der Waals surface area contributed by atoms with Gasteiger partial charge in [0, 0.05) is 30.5 Å². The zero-order valence-electron chi connectivity index (χ0n) is 20.1. The Balaban J connectivity index is 1.35. The number of nitrogens with zero attached hydrogens (tertiary/aromatic N) is 3. The van der Waals surface area contributed by atoms with Gasteiger partial charge >= 0.3 is 6.18 Å². The van der Waals surface area contributed by atoms with Crippen LogP contribution >= 0.6 is 23.2 Å². The first kappa shape index (κ1) is 27.3. The van der Waals surface area contributed by atoms with Crippen molar-refractivity contribution in [1.29, 1.82) is 0 Å². The second-order valence-corrected chi connectivity index (χ2v) is 10.5. The van der Waals surface area contributed by atoms with E-state index in [1.54, 1.807) is 19.9 Å². The first-order valence-corrected chi connectivity index (χ1v) is 12.5. The summed E-state index contributed by atoms with van der Waals surface area (Å²) in [5.74, 6) is -0.370. The number of pyridine rings is 2. The number of ether oxygens (including phenoxy) is 1. The molecule has 4 heterocycles. The lowest BCUT2D eigenvalue weighted by Gasteiger charge is -2.40. The Bertz CT molecular complexity index is 1150. The molecule has 2 saturated heterocycles. The molecule has 2 N–H and O–H groups in total. The number of alkyl halides is 3. The number of piperidine rings is 1. The maximum Gasteiger partial charge on any atom is 0.405 e. The predicted octanol–water partition coefficient (Wildman–Crippen LogP) is 4.55. The van der Waals surface area contributed by atoms with Crippen LogP contribution < -0.4 is 20.3 Å². The molecule has 0 unspecified atom stereocenters. The maximum absolute atomic E-state index is 13.1. The van der Waals surface area contributed by atoms with Crippen LogP contribution in [0.5, 0.6) is 5.88 Å². The van der Waals surface area contributed by atoms with Crippen molar-refractivity contribution in [2.75, 3.05) is 11.4 Å². The molecule has 0 aromatic carbocycles. The number of carbonyl (C=O) groups excluding carboxylic acids is 2. The van der Waals surface area contributed by atoms with E-state index in [9.17, 15) is 22.8 Å². The molecule has 2 amide bonds. The zero-order chi connectivity index (χ0) is 27.0. The van der Waals surface area contributed by atoms with E-state index in [-0.39, 0.29) is 40.5 Å². The Hall–Kier alpha value is -2.79. The number of amides is 2. The molecule has 2 aromatic heterocycles. The molecule has 2 aliphatic heterocycles. The van der Waals surface area contributed by atoms with Gasteiger partial charge in [-0.1, -0.05) is 23.2 Å². The molecule has 0 radical (unpaired) electrons. The van der Waals surface area contributed by atoms with Gasteiger partial charge in [0.15, 0.2) is 5.60 Å². The smallest absolute Gasteiger partial charge is 0.405 e. The third-order valence-electron chi connectivity index (χ3n) is 6.47. The van der Waals surface area contributed by atoms with E-state index in [2.05, 4.69) is 20.2 Å². The van der Waals surface area contributed by atoms with Gasteiger partial charge in [0.2, 0.25) is 5.88 Å². The Kier molecular flexibility index (Phi) is 7.75. The summed E-state index contributed by atoms with van der Waals surface area (Å²) >= 11 is 12.0. The van der Waals surface area contributed by atoms with Crippen molar-refractivity contribution in [3.8, 4) is 5.88 Å². The van der Waals surface area contributed by atoms with Gasteiger partial charge in [0.25, 0.3) is 11.8 Å². The first-order valence-electron chi connectivity index (χ1n) is 11.7. The summed E-state index contributed by atoms with van der Waals surface area (Å²) < 4.78 is 42.8. The van der Waals surface area contributed by atoms with Crippen molar-refractivity contribution in [1.82, 2.24) is 20.6 Å². The van der Waals surface area contributed by atoms with Crippen LogP contribution in [0.15, 0.2) is 30.6 Å². The minimum Gasteiger partial charge on any atom is -0.460 e. The van der Waals surface area contributed by atoms with Crippen LogP contribution in [0.25, 0.3) is 0 Å². The number of aromatic nitrogens is 2. The Morgan fingerprint density at radius 3 is 2.35 bits per heavy atom. The second-order valence-electron chi connectivity index (χ2n) is 9.69. The van der Waals surface area contributed by atoms with E-state index in [1.807, 2.05) is 5.32 Å². The van der Waals surface area contributed by atoms with Crippen LogP contribution in [-0.2, 0) is 4.79 Å². The highest BCUT2D eigenvalue weighted by Gasteiger charge is 2.43. The fourth-order valence-electron chi connectivity index (χ4n) is 4.75. The van der Waals surface area contributed by atoms with Crippen molar-refractivity contribution in [3.05, 3.63) is 46.2 Å². The third-order valence-corrected chi connectivity index (χ3v) is 6.94. The molecule has 0 spiro atoms. The Labute approximate surface area is 221 Å². The normalized spacial score (nSPS) is 21.5. The largest absolute Gasteiger partial charge is 0.460 e. The van der Waals surface area contributed by atoms with Crippen molar-refractivity contribution in [2.24, 2.45) is 0 Å². The molecule has 2 bridgehead atoms. The Morgan fingerprint density at radius 1 is 1.11 bits per heavy atom. The number of anilines is 1. The van der Waals surface area contributed by atoms with E-state index in [0.29, 0.717) is 23.7 Å². The van der Waals surface area contributed by atoms with Crippen LogP contribution in [0.3, 0.4) is 0 Å². The van der Waals surface area contributed by atoms with Gasteiger partial charge in [0.05, 0.1) is 10.6 Å². The number of rotatable bonds is 7. The molecule has 37 heavy (non-hydrogen) atoms. The van der Waals surface area contributed by atoms with Crippen LogP contribution in [0.1, 0.15) is 49.9 Å². The van der Waals surface area contributed by atoms with Crippen LogP contribution in [0.2, 0.25) is 10.0 Å². The Morgan fingerprint density at radius 2 is 1.78 bits per heavy atom. The predicted molar refractivity (Wildman–Crippen MR) is 132 cm³/mol. The van der Waals surface area contributed by atoms with Gasteiger partial charge in [-0.3, -0.25) is 9.59 Å². The molecule has 4 rings (SSSR count). The summed E-state index contributed by atoms with van der Waals surface area (Å²) in [6.07, 6.45) is 1.39. The van der Waals surface area contributed by atoms with Gasteiger partial charge in [0.1, 0.15) is 17.4 Å². The summed E-state index contributed by atoms with van der Waals surface area (Å²) in [5.41, 5.74) is -1.18. The fraction of sp³-hybridized carbons (Fsp3) is 0.500. The third kappa shape index (κ3) is 6.56. The van der Waals surface area contributed by atoms with E-state index in [0.717, 1.165) is 12.8 Å². The number of fused-ring (bicyclic) bond motifs is 2. The van der Waals surface area contributed by atoms with Crippen molar-refractivity contribution < 1.29 is 27.5 Å². The van der Waals surface area contributed by atoms with Crippen molar-refractivity contribution >= 4 is 40.8 Å². The maximum atomic E-state index is 13.1. The molecule has 200 valence electrons. The molecule has 3 atom stereocenters. The standard InChI is InChI=1S/C24H26Cl2F3N5O3/c1-23(2,37-21-18(26)7-14(25)11-31-21)22(36)33-15-8-16-4-5-17(9-15)34(16)19-6-3-13(10-30-19)20(35)32-12-24(27,28)29/h3,6-7,10-11,15-17H,4-5,8-9,12H2,1-2H3,(H,32,35)(H,33,36)/t15-,16+,17-. The van der Waals surface area contributed by atoms with Gasteiger partial charge < -0.3 is 20.3 Å². The highest BCUT2D eigenvalue weighted by molar-refractivity contribution is 6.35. The lowest BCUT2D eigenvalue weighted by Crippen LogP contribution is -2.55. The number of hydrogen-bond donors (Lipinski definition) is 2. The molecular formula is C24H26Cl2F3N5O3. The molecule has 0 saturated carbocycles. The highest BCUT2D eigenvalue weighted by atomic mass is 35.5. The van der Waals surface area contributed by atoms with Gasteiger partial charge in [-0.2, -0.15) is 13.2 Å². The highest BCUT2D eigenvalue weighted by Crippen LogP contribution is 2.39. The topological polar surface area (TPSA) is 96.5 Å². The van der Waals surface area contributed by atoms with Crippen LogP contribution in [0.4, 0.5) is 19.0 Å². The average Bonchev–Trinajstić information content (AvgIpc) is 3.09. The number of halogens is 5. The fourth-order valence-corrected chi connectivity index (χ4v) is 5.17. The lowest BCUT2D eigenvalue weighted by molar-refractivity contribution is -0.135. The number of hydrogen-bond acceptors (Lipinski definition) is 6. The van der Waals surface area contributed by atoms with Crippen LogP contribution in [0, 0.1) is 0 Å². The minimum absolute atomic E-state index is 0.0556. The van der Waals surface area contributed by atoms with Gasteiger partial charge in [-0.05, 0) is 57.7 Å². The van der Waals surface area contributed by atoms with Gasteiger partial charge in [-0.15, -0.1) is 0 Å². The summed E-state index contributed by atoms with van der Waals surface area (Å²) in [6.45, 7) is 1.87. The van der Waals surface area contributed by atoms with E-state index >= 15 is 0 Å². The SMILES string of the molecule is CC(C)(Oc1ncc(Cl)cc1Cl)C(=O)N[C@H]1C[C@H]2CC[C@@H](C1)N2c1ccc(C(=O)NCC(F)(F)F)cn1. The molecule has 2 aromatic rings. The van der Waals surface area contributed by atoms with E-state index < -0.39 is 24.2 Å². The van der Waals surface area contributed by atoms with E-state index in [1.165, 1.54) is 24.5 Å². The molecule has 2 fully saturated rings. The number of carbonyl (C=O) groups is 2. The number of nitrogens with one attached hydrogen (secondary N) is 2. The molecule has 0 aliphatic carbocycles. The summed E-state index contributed by atoms with van der Waals surface area (Å²) in [6, 6.07) is 4.77. The molecule has 8 nitrogen and oxygen atoms in total. The lowest BCUT2D eigenvalue weighted by atomic mass is 9.96. The summed E-state index contributed by atoms with van der Waals surface area (Å²) in [4.78, 5) is 35.6. The zero-order valence-corrected chi connectivity index (χ0v) is 21.6. The quantitative estimate of drug-likeness (QED) is 0.516. The summed E-state index contributed by atoms with van der Waals surface area (Å²) in [7, 11) is 0. The second kappa shape index (κ2) is 10.5. The average molecular weight is 560 g/mol. The first-order chi connectivity index (χ1) is 17.3. The van der Waals surface area contributed by atoms with Gasteiger partial charge in [-0.25, -0.2) is 9.97 Å². The van der Waals surface area contributed by atoms with Crippen molar-refractivity contribution in [3.63, 3.8) is 0 Å². The van der Waals surface area contributed by atoms with Crippen molar-refractivity contribution in [2.45, 2.75) is 69.4 Å². The molecule has 2 aliphatic rings. The molecule has 13 heteroatoms. The molecular weight excluding hydrogens is 534 g/mol. The van der Waals surface area contributed by atoms with E-state index in [4.69, 9.17) is 27.9 Å².